The number of aromatic nitrogens is 1. The molecule has 2 N–H and O–H groups in total. The van der Waals surface area contributed by atoms with E-state index in [2.05, 4.69) is 5.32 Å². The molecule has 0 aliphatic rings. The molecule has 0 saturated carbocycles. The fourth-order valence-electron chi connectivity index (χ4n) is 2.01. The Balaban J connectivity index is 2.05. The van der Waals surface area contributed by atoms with Gasteiger partial charge in [-0.1, -0.05) is 39.0 Å². The van der Waals surface area contributed by atoms with E-state index in [9.17, 15) is 10.0 Å². The summed E-state index contributed by atoms with van der Waals surface area (Å²) in [5.41, 5.74) is 1.46. The van der Waals surface area contributed by atoms with E-state index in [0.29, 0.717) is 13.0 Å². The number of carbonyl (C=O) groups is 1. The van der Waals surface area contributed by atoms with Gasteiger partial charge in [0.2, 0.25) is 5.91 Å². The first-order chi connectivity index (χ1) is 8.89. The van der Waals surface area contributed by atoms with Crippen molar-refractivity contribution in [1.82, 2.24) is 10.0 Å². The average Bonchev–Trinajstić information content (AvgIpc) is 2.66. The summed E-state index contributed by atoms with van der Waals surface area (Å²) in [4.78, 5) is 11.8. The first-order valence-electron chi connectivity index (χ1n) is 6.46. The van der Waals surface area contributed by atoms with Crippen LogP contribution in [0.1, 0.15) is 26.3 Å². The van der Waals surface area contributed by atoms with Crippen LogP contribution in [-0.2, 0) is 11.2 Å². The lowest BCUT2D eigenvalue weighted by Crippen LogP contribution is -2.35. The first kappa shape index (κ1) is 13.5. The summed E-state index contributed by atoms with van der Waals surface area (Å²) in [5, 5.41) is 13.7. The highest BCUT2D eigenvalue weighted by molar-refractivity contribution is 5.84. The van der Waals surface area contributed by atoms with Crippen molar-refractivity contribution in [3.63, 3.8) is 0 Å². The van der Waals surface area contributed by atoms with E-state index in [1.807, 2.05) is 45.0 Å². The Hall–Kier alpha value is -1.97. The molecule has 1 aromatic carbocycles. The number of benzene rings is 1. The van der Waals surface area contributed by atoms with E-state index >= 15 is 0 Å². The van der Waals surface area contributed by atoms with Crippen molar-refractivity contribution in [3.05, 3.63) is 36.0 Å². The fraction of sp³-hybridized carbons (Fsp3) is 0.400. The van der Waals surface area contributed by atoms with E-state index in [-0.39, 0.29) is 11.3 Å². The van der Waals surface area contributed by atoms with Gasteiger partial charge >= 0.3 is 0 Å². The van der Waals surface area contributed by atoms with Crippen LogP contribution < -0.4 is 5.32 Å². The third kappa shape index (κ3) is 2.89. The predicted molar refractivity (Wildman–Crippen MR) is 75.3 cm³/mol. The van der Waals surface area contributed by atoms with Crippen LogP contribution in [0.4, 0.5) is 0 Å². The van der Waals surface area contributed by atoms with Crippen LogP contribution in [-0.4, -0.2) is 22.4 Å². The van der Waals surface area contributed by atoms with E-state index in [1.165, 1.54) is 0 Å². The maximum atomic E-state index is 11.8. The van der Waals surface area contributed by atoms with E-state index in [4.69, 9.17) is 0 Å². The third-order valence-electron chi connectivity index (χ3n) is 3.14. The largest absolute Gasteiger partial charge is 0.428 e. The van der Waals surface area contributed by atoms with Gasteiger partial charge in [-0.3, -0.25) is 4.79 Å². The summed E-state index contributed by atoms with van der Waals surface area (Å²) < 4.78 is 1.14. The summed E-state index contributed by atoms with van der Waals surface area (Å²) in [6.45, 7) is 6.25. The monoisotopic (exact) mass is 260 g/mol. The Morgan fingerprint density at radius 2 is 2.00 bits per heavy atom. The van der Waals surface area contributed by atoms with Crippen LogP contribution in [0.3, 0.4) is 0 Å². The molecular formula is C15H20N2O2. The number of hydrogen-bond acceptors (Lipinski definition) is 2. The van der Waals surface area contributed by atoms with Crippen molar-refractivity contribution >= 4 is 16.8 Å². The molecule has 0 atom stereocenters. The van der Waals surface area contributed by atoms with E-state index in [0.717, 1.165) is 21.2 Å². The molecule has 1 heterocycles. The zero-order valence-electron chi connectivity index (χ0n) is 11.6. The first-order valence-corrected chi connectivity index (χ1v) is 6.46. The van der Waals surface area contributed by atoms with Crippen LogP contribution in [0, 0.1) is 5.41 Å². The van der Waals surface area contributed by atoms with Gasteiger partial charge in [0.05, 0.1) is 5.52 Å². The molecule has 2 rings (SSSR count). The van der Waals surface area contributed by atoms with Crippen molar-refractivity contribution < 1.29 is 10.0 Å². The van der Waals surface area contributed by atoms with Crippen molar-refractivity contribution in [2.75, 3.05) is 6.54 Å². The standard InChI is InChI=1S/C15H20N2O2/c1-15(2,3)14(18)16-9-8-11-10-17(19)13-7-5-4-6-12(11)13/h4-7,10,19H,8-9H2,1-3H3,(H,16,18). The normalized spacial score (nSPS) is 11.7. The van der Waals surface area contributed by atoms with Gasteiger partial charge in [-0.2, -0.15) is 4.73 Å². The maximum absolute atomic E-state index is 11.8. The minimum atomic E-state index is -0.370. The van der Waals surface area contributed by atoms with Crippen LogP contribution in [0.2, 0.25) is 0 Å². The highest BCUT2D eigenvalue weighted by Gasteiger charge is 2.20. The Labute approximate surface area is 113 Å². The number of nitrogens with one attached hydrogen (secondary N) is 1. The highest BCUT2D eigenvalue weighted by Crippen LogP contribution is 2.20. The Morgan fingerprint density at radius 1 is 1.32 bits per heavy atom. The summed E-state index contributed by atoms with van der Waals surface area (Å²) in [5.74, 6) is 0.0419. The SMILES string of the molecule is CC(C)(C)C(=O)NCCc1cn(O)c2ccccc12. The van der Waals surface area contributed by atoms with Crippen molar-refractivity contribution in [3.8, 4) is 0 Å². The molecule has 4 nitrogen and oxygen atoms in total. The molecule has 0 bridgehead atoms. The number of hydrogen-bond donors (Lipinski definition) is 2. The van der Waals surface area contributed by atoms with Gasteiger partial charge in [0.15, 0.2) is 0 Å². The topological polar surface area (TPSA) is 54.3 Å². The van der Waals surface area contributed by atoms with Crippen molar-refractivity contribution in [2.45, 2.75) is 27.2 Å². The van der Waals surface area contributed by atoms with Gasteiger partial charge in [0.25, 0.3) is 0 Å². The summed E-state index contributed by atoms with van der Waals surface area (Å²) in [6.07, 6.45) is 2.41. The molecule has 0 aliphatic carbocycles. The smallest absolute Gasteiger partial charge is 0.225 e. The Morgan fingerprint density at radius 3 is 2.68 bits per heavy atom. The average molecular weight is 260 g/mol. The molecule has 0 unspecified atom stereocenters. The molecular weight excluding hydrogens is 240 g/mol. The van der Waals surface area contributed by atoms with Crippen LogP contribution in [0.5, 0.6) is 0 Å². The van der Waals surface area contributed by atoms with Crippen molar-refractivity contribution in [1.29, 1.82) is 0 Å². The van der Waals surface area contributed by atoms with Crippen LogP contribution in [0.25, 0.3) is 10.9 Å². The van der Waals surface area contributed by atoms with Gasteiger partial charge in [-0.05, 0) is 18.1 Å². The molecule has 2 aromatic rings. The van der Waals surface area contributed by atoms with Crippen LogP contribution >= 0.6 is 0 Å². The molecule has 0 radical (unpaired) electrons. The molecule has 19 heavy (non-hydrogen) atoms. The number of para-hydroxylation sites is 1. The number of amides is 1. The lowest BCUT2D eigenvalue weighted by Gasteiger charge is -2.17. The predicted octanol–water partition coefficient (Wildman–Crippen LogP) is 2.58. The number of rotatable bonds is 3. The zero-order valence-corrected chi connectivity index (χ0v) is 11.6. The minimum absolute atomic E-state index is 0.0419. The second kappa shape index (κ2) is 4.96. The summed E-state index contributed by atoms with van der Waals surface area (Å²) in [6, 6.07) is 7.68. The number of nitrogens with zero attached hydrogens (tertiary/aromatic N) is 1. The zero-order chi connectivity index (χ0) is 14.0. The lowest BCUT2D eigenvalue weighted by molar-refractivity contribution is -0.128. The minimum Gasteiger partial charge on any atom is -0.428 e. The van der Waals surface area contributed by atoms with E-state index < -0.39 is 0 Å². The van der Waals surface area contributed by atoms with Gasteiger partial charge in [0, 0.05) is 23.5 Å². The second-order valence-corrected chi connectivity index (χ2v) is 5.77. The van der Waals surface area contributed by atoms with Crippen LogP contribution in [0.15, 0.2) is 30.5 Å². The molecule has 0 aliphatic heterocycles. The maximum Gasteiger partial charge on any atom is 0.225 e. The molecule has 102 valence electrons. The summed E-state index contributed by atoms with van der Waals surface area (Å²) in [7, 11) is 0. The molecule has 1 aromatic heterocycles. The van der Waals surface area contributed by atoms with Gasteiger partial charge in [-0.15, -0.1) is 0 Å². The van der Waals surface area contributed by atoms with Gasteiger partial charge in [-0.25, -0.2) is 0 Å². The quantitative estimate of drug-likeness (QED) is 0.833. The number of fused-ring (bicyclic) bond motifs is 1. The molecule has 0 fully saturated rings. The molecule has 4 heteroatoms. The molecule has 0 saturated heterocycles. The lowest BCUT2D eigenvalue weighted by atomic mass is 9.95. The molecule has 1 amide bonds. The summed E-state index contributed by atoms with van der Waals surface area (Å²) >= 11 is 0. The third-order valence-corrected chi connectivity index (χ3v) is 3.14. The van der Waals surface area contributed by atoms with Gasteiger partial charge in [0.1, 0.15) is 0 Å². The molecule has 0 spiro atoms. The number of carbonyl (C=O) groups excluding carboxylic acids is 1. The van der Waals surface area contributed by atoms with Gasteiger partial charge < -0.3 is 10.5 Å². The Kier molecular flexibility index (Phi) is 3.51. The highest BCUT2D eigenvalue weighted by atomic mass is 16.5. The Bertz CT molecular complexity index is 594. The van der Waals surface area contributed by atoms with E-state index in [1.54, 1.807) is 6.20 Å². The second-order valence-electron chi connectivity index (χ2n) is 5.77. The fourth-order valence-corrected chi connectivity index (χ4v) is 2.01. The van der Waals surface area contributed by atoms with Crippen molar-refractivity contribution in [2.24, 2.45) is 5.41 Å².